The first-order valence-electron chi connectivity index (χ1n) is 10.2. The zero-order valence-corrected chi connectivity index (χ0v) is 21.1. The minimum absolute atomic E-state index is 0.0993. The van der Waals surface area contributed by atoms with Crippen molar-refractivity contribution in [3.63, 3.8) is 0 Å². The Labute approximate surface area is 206 Å². The lowest BCUT2D eigenvalue weighted by Gasteiger charge is -2.34. The molecule has 1 aliphatic heterocycles. The van der Waals surface area contributed by atoms with Crippen LogP contribution in [0.25, 0.3) is 11.3 Å². The molecule has 33 heavy (non-hydrogen) atoms. The van der Waals surface area contributed by atoms with E-state index in [1.54, 1.807) is 0 Å². The molecule has 7 nitrogen and oxygen atoms in total. The van der Waals surface area contributed by atoms with Gasteiger partial charge >= 0.3 is 0 Å². The second-order valence-electron chi connectivity index (χ2n) is 7.54. The highest BCUT2D eigenvalue weighted by Gasteiger charge is 2.23. The SMILES string of the molecule is CS(=O)(=O)N1CCN(c2ccc(NC(=O)CSc3nc(-c4ccc(Cl)cc4)cs3)cc2)CC1. The fourth-order valence-electron chi connectivity index (χ4n) is 3.43. The Bertz CT molecular complexity index is 1210. The zero-order chi connectivity index (χ0) is 23.4. The topological polar surface area (TPSA) is 82.6 Å². The van der Waals surface area contributed by atoms with Crippen molar-refractivity contribution < 1.29 is 13.2 Å². The molecule has 2 heterocycles. The first kappa shape index (κ1) is 24.0. The molecule has 3 aromatic rings. The number of piperazine rings is 1. The summed E-state index contributed by atoms with van der Waals surface area (Å²) in [5, 5.41) is 5.56. The van der Waals surface area contributed by atoms with Gasteiger partial charge in [0, 0.05) is 53.5 Å². The highest BCUT2D eigenvalue weighted by atomic mass is 35.5. The number of thioether (sulfide) groups is 1. The fraction of sp³-hybridized carbons (Fsp3) is 0.273. The third-order valence-electron chi connectivity index (χ3n) is 5.17. The Kier molecular flexibility index (Phi) is 7.60. The first-order chi connectivity index (χ1) is 15.8. The van der Waals surface area contributed by atoms with E-state index >= 15 is 0 Å². The van der Waals surface area contributed by atoms with Crippen molar-refractivity contribution >= 4 is 62.0 Å². The van der Waals surface area contributed by atoms with Crippen LogP contribution in [0.4, 0.5) is 11.4 Å². The van der Waals surface area contributed by atoms with E-state index in [1.807, 2.05) is 53.9 Å². The number of thiazole rings is 1. The summed E-state index contributed by atoms with van der Waals surface area (Å²) in [6, 6.07) is 15.1. The van der Waals surface area contributed by atoms with Crippen LogP contribution in [0.3, 0.4) is 0 Å². The lowest BCUT2D eigenvalue weighted by Crippen LogP contribution is -2.48. The van der Waals surface area contributed by atoms with Crippen molar-refractivity contribution in [3.8, 4) is 11.3 Å². The molecule has 2 aromatic carbocycles. The normalized spacial score (nSPS) is 14.9. The van der Waals surface area contributed by atoms with Gasteiger partial charge in [-0.05, 0) is 36.4 Å². The van der Waals surface area contributed by atoms with Gasteiger partial charge in [-0.1, -0.05) is 35.5 Å². The number of amides is 1. The number of sulfonamides is 1. The third kappa shape index (κ3) is 6.48. The minimum atomic E-state index is -3.14. The zero-order valence-electron chi connectivity index (χ0n) is 17.9. The van der Waals surface area contributed by atoms with Crippen LogP contribution < -0.4 is 10.2 Å². The first-order valence-corrected chi connectivity index (χ1v) is 14.3. The van der Waals surface area contributed by atoms with E-state index in [2.05, 4.69) is 15.2 Å². The van der Waals surface area contributed by atoms with Crippen LogP contribution in [0.15, 0.2) is 58.3 Å². The molecule has 1 amide bonds. The van der Waals surface area contributed by atoms with Crippen LogP contribution in [0, 0.1) is 0 Å². The van der Waals surface area contributed by atoms with Gasteiger partial charge in [0.05, 0.1) is 17.7 Å². The summed E-state index contributed by atoms with van der Waals surface area (Å²) in [4.78, 5) is 19.1. The van der Waals surface area contributed by atoms with Crippen LogP contribution in [-0.2, 0) is 14.8 Å². The largest absolute Gasteiger partial charge is 0.369 e. The van der Waals surface area contributed by atoms with Gasteiger partial charge in [-0.15, -0.1) is 11.3 Å². The lowest BCUT2D eigenvalue weighted by molar-refractivity contribution is -0.113. The molecule has 0 unspecified atom stereocenters. The summed E-state index contributed by atoms with van der Waals surface area (Å²) in [5.41, 5.74) is 3.59. The molecule has 0 spiro atoms. The van der Waals surface area contributed by atoms with Crippen molar-refractivity contribution in [1.29, 1.82) is 0 Å². The molecule has 0 aliphatic carbocycles. The van der Waals surface area contributed by atoms with Crippen molar-refractivity contribution in [2.45, 2.75) is 4.34 Å². The molecule has 174 valence electrons. The number of benzene rings is 2. The van der Waals surface area contributed by atoms with Crippen molar-refractivity contribution in [2.24, 2.45) is 0 Å². The lowest BCUT2D eigenvalue weighted by atomic mass is 10.2. The smallest absolute Gasteiger partial charge is 0.234 e. The third-order valence-corrected chi connectivity index (χ3v) is 8.75. The Morgan fingerprint density at radius 1 is 1.09 bits per heavy atom. The predicted octanol–water partition coefficient (Wildman–Crippen LogP) is 4.28. The molecule has 1 N–H and O–H groups in total. The number of carbonyl (C=O) groups excluding carboxylic acids is 1. The van der Waals surface area contributed by atoms with Crippen LogP contribution in [-0.4, -0.2) is 61.8 Å². The maximum Gasteiger partial charge on any atom is 0.234 e. The molecule has 0 radical (unpaired) electrons. The van der Waals surface area contributed by atoms with Gasteiger partial charge in [-0.3, -0.25) is 4.79 Å². The number of nitrogens with one attached hydrogen (secondary N) is 1. The Morgan fingerprint density at radius 3 is 2.39 bits per heavy atom. The van der Waals surface area contributed by atoms with E-state index in [1.165, 1.54) is 33.7 Å². The van der Waals surface area contributed by atoms with Gasteiger partial charge in [0.25, 0.3) is 0 Å². The summed E-state index contributed by atoms with van der Waals surface area (Å²) in [7, 11) is -3.14. The standard InChI is InChI=1S/C22H23ClN4O3S3/c1-33(29,30)27-12-10-26(11-13-27)19-8-6-18(7-9-19)24-21(28)15-32-22-25-20(14-31-22)16-2-4-17(23)5-3-16/h2-9,14H,10-13,15H2,1H3,(H,24,28). The van der Waals surface area contributed by atoms with Crippen molar-refractivity contribution in [2.75, 3.05) is 48.4 Å². The van der Waals surface area contributed by atoms with E-state index in [4.69, 9.17) is 11.6 Å². The molecule has 1 saturated heterocycles. The van der Waals surface area contributed by atoms with Gasteiger partial charge in [-0.25, -0.2) is 13.4 Å². The molecule has 1 fully saturated rings. The number of halogens is 1. The van der Waals surface area contributed by atoms with Gasteiger partial charge in [0.2, 0.25) is 15.9 Å². The molecule has 1 aromatic heterocycles. The summed E-state index contributed by atoms with van der Waals surface area (Å²) >= 11 is 8.84. The summed E-state index contributed by atoms with van der Waals surface area (Å²) in [6.45, 7) is 2.23. The monoisotopic (exact) mass is 522 g/mol. The quantitative estimate of drug-likeness (QED) is 0.466. The van der Waals surface area contributed by atoms with Crippen LogP contribution >= 0.6 is 34.7 Å². The van der Waals surface area contributed by atoms with Gasteiger partial charge in [0.15, 0.2) is 4.34 Å². The molecule has 0 atom stereocenters. The molecule has 11 heteroatoms. The number of carbonyl (C=O) groups is 1. The molecule has 0 saturated carbocycles. The second kappa shape index (κ2) is 10.4. The highest BCUT2D eigenvalue weighted by molar-refractivity contribution is 8.01. The Balaban J connectivity index is 1.26. The molecular formula is C22H23ClN4O3S3. The second-order valence-corrected chi connectivity index (χ2v) is 12.0. The Morgan fingerprint density at radius 2 is 1.76 bits per heavy atom. The predicted molar refractivity (Wildman–Crippen MR) is 137 cm³/mol. The number of anilines is 2. The molecule has 1 aliphatic rings. The maximum atomic E-state index is 12.4. The van der Waals surface area contributed by atoms with Crippen LogP contribution in [0.2, 0.25) is 5.02 Å². The van der Waals surface area contributed by atoms with E-state index in [0.717, 1.165) is 27.0 Å². The van der Waals surface area contributed by atoms with E-state index < -0.39 is 10.0 Å². The summed E-state index contributed by atoms with van der Waals surface area (Å²) in [5.74, 6) is 0.167. The fourth-order valence-corrected chi connectivity index (χ4v) is 6.02. The highest BCUT2D eigenvalue weighted by Crippen LogP contribution is 2.29. The number of rotatable bonds is 7. The van der Waals surface area contributed by atoms with Crippen molar-refractivity contribution in [3.05, 3.63) is 58.9 Å². The van der Waals surface area contributed by atoms with Gasteiger partial charge < -0.3 is 10.2 Å². The van der Waals surface area contributed by atoms with Gasteiger partial charge in [-0.2, -0.15) is 4.31 Å². The average Bonchev–Trinajstić information content (AvgIpc) is 3.27. The minimum Gasteiger partial charge on any atom is -0.369 e. The molecular weight excluding hydrogens is 500 g/mol. The van der Waals surface area contributed by atoms with E-state index in [-0.39, 0.29) is 11.7 Å². The van der Waals surface area contributed by atoms with E-state index in [0.29, 0.717) is 31.2 Å². The van der Waals surface area contributed by atoms with Gasteiger partial charge in [0.1, 0.15) is 0 Å². The number of hydrogen-bond acceptors (Lipinski definition) is 7. The summed E-state index contributed by atoms with van der Waals surface area (Å²) in [6.07, 6.45) is 1.24. The summed E-state index contributed by atoms with van der Waals surface area (Å²) < 4.78 is 25.6. The molecule has 0 bridgehead atoms. The van der Waals surface area contributed by atoms with Crippen molar-refractivity contribution in [1.82, 2.24) is 9.29 Å². The number of hydrogen-bond donors (Lipinski definition) is 1. The van der Waals surface area contributed by atoms with Crippen LogP contribution in [0.5, 0.6) is 0 Å². The Hall–Kier alpha value is -2.11. The molecule has 4 rings (SSSR count). The van der Waals surface area contributed by atoms with Crippen LogP contribution in [0.1, 0.15) is 0 Å². The maximum absolute atomic E-state index is 12.4. The van der Waals surface area contributed by atoms with E-state index in [9.17, 15) is 13.2 Å². The number of nitrogens with zero attached hydrogens (tertiary/aromatic N) is 3. The average molecular weight is 523 g/mol. The number of aromatic nitrogens is 1.